The summed E-state index contributed by atoms with van der Waals surface area (Å²) in [5.41, 5.74) is 1.86. The molecule has 0 aliphatic rings. The van der Waals surface area contributed by atoms with Crippen molar-refractivity contribution in [1.82, 2.24) is 15.0 Å². The molecular weight excluding hydrogens is 272 g/mol. The second kappa shape index (κ2) is 6.60. The molecule has 0 amide bonds. The normalized spacial score (nSPS) is 10.2. The number of pyridine rings is 1. The fourth-order valence-corrected chi connectivity index (χ4v) is 1.74. The molecular formula is C13H16N6O2. The fourth-order valence-electron chi connectivity index (χ4n) is 1.74. The Morgan fingerprint density at radius 2 is 2.14 bits per heavy atom. The van der Waals surface area contributed by atoms with E-state index in [0.717, 1.165) is 11.1 Å². The molecule has 0 saturated heterocycles. The molecule has 2 rings (SSSR count). The van der Waals surface area contributed by atoms with Crippen molar-refractivity contribution < 1.29 is 4.92 Å². The SMILES string of the molecule is CCNc1ncc([N+](=O)[O-])c(NCc2cnccc2C)n1. The molecule has 8 nitrogen and oxygen atoms in total. The van der Waals surface area contributed by atoms with E-state index in [1.165, 1.54) is 6.20 Å². The van der Waals surface area contributed by atoms with Crippen LogP contribution in [0, 0.1) is 17.0 Å². The summed E-state index contributed by atoms with van der Waals surface area (Å²) in [6.07, 6.45) is 4.62. The van der Waals surface area contributed by atoms with Crippen LogP contribution in [0.4, 0.5) is 17.5 Å². The molecule has 0 atom stereocenters. The van der Waals surface area contributed by atoms with Gasteiger partial charge in [0.15, 0.2) is 0 Å². The van der Waals surface area contributed by atoms with Crippen molar-refractivity contribution in [1.29, 1.82) is 0 Å². The fraction of sp³-hybridized carbons (Fsp3) is 0.308. The molecule has 0 aromatic carbocycles. The van der Waals surface area contributed by atoms with Crippen LogP contribution in [0.1, 0.15) is 18.1 Å². The Morgan fingerprint density at radius 1 is 1.33 bits per heavy atom. The standard InChI is InChI=1S/C13H16N6O2/c1-3-15-13-17-8-11(19(20)21)12(18-13)16-7-10-6-14-5-4-9(10)2/h4-6,8H,3,7H2,1-2H3,(H2,15,16,17,18). The molecule has 110 valence electrons. The number of rotatable bonds is 6. The Kier molecular flexibility index (Phi) is 4.60. The predicted octanol–water partition coefficient (Wildman–Crippen LogP) is 2.13. The number of nitrogens with zero attached hydrogens (tertiary/aromatic N) is 4. The molecule has 0 spiro atoms. The summed E-state index contributed by atoms with van der Waals surface area (Å²) in [5, 5.41) is 16.9. The van der Waals surface area contributed by atoms with Gasteiger partial charge in [-0.2, -0.15) is 4.98 Å². The Labute approximate surface area is 121 Å². The van der Waals surface area contributed by atoms with Crippen LogP contribution in [-0.4, -0.2) is 26.4 Å². The Bertz CT molecular complexity index is 646. The van der Waals surface area contributed by atoms with Gasteiger partial charge in [0.25, 0.3) is 0 Å². The number of anilines is 2. The number of aromatic nitrogens is 3. The Hall–Kier alpha value is -2.77. The van der Waals surface area contributed by atoms with Gasteiger partial charge in [0, 0.05) is 25.5 Å². The molecule has 2 heterocycles. The van der Waals surface area contributed by atoms with E-state index in [9.17, 15) is 10.1 Å². The summed E-state index contributed by atoms with van der Waals surface area (Å²) in [7, 11) is 0. The van der Waals surface area contributed by atoms with Crippen molar-refractivity contribution in [2.75, 3.05) is 17.2 Å². The van der Waals surface area contributed by atoms with Crippen LogP contribution in [-0.2, 0) is 6.54 Å². The molecule has 2 aromatic rings. The van der Waals surface area contributed by atoms with Crippen LogP contribution in [0.3, 0.4) is 0 Å². The molecule has 0 saturated carbocycles. The molecule has 0 fully saturated rings. The highest BCUT2D eigenvalue weighted by Gasteiger charge is 2.17. The van der Waals surface area contributed by atoms with Crippen molar-refractivity contribution in [2.24, 2.45) is 0 Å². The lowest BCUT2D eigenvalue weighted by Crippen LogP contribution is -2.09. The average molecular weight is 288 g/mol. The van der Waals surface area contributed by atoms with Gasteiger partial charge in [-0.25, -0.2) is 4.98 Å². The van der Waals surface area contributed by atoms with Gasteiger partial charge in [0.05, 0.1) is 4.92 Å². The van der Waals surface area contributed by atoms with Crippen LogP contribution in [0.25, 0.3) is 0 Å². The van der Waals surface area contributed by atoms with Crippen LogP contribution in [0.5, 0.6) is 0 Å². The molecule has 8 heteroatoms. The predicted molar refractivity (Wildman–Crippen MR) is 79.2 cm³/mol. The lowest BCUT2D eigenvalue weighted by Gasteiger charge is -2.09. The smallest absolute Gasteiger partial charge is 0.329 e. The van der Waals surface area contributed by atoms with Gasteiger partial charge in [-0.15, -0.1) is 0 Å². The van der Waals surface area contributed by atoms with E-state index in [1.807, 2.05) is 19.9 Å². The highest BCUT2D eigenvalue weighted by Crippen LogP contribution is 2.22. The summed E-state index contributed by atoms with van der Waals surface area (Å²) in [4.78, 5) is 22.6. The van der Waals surface area contributed by atoms with Crippen molar-refractivity contribution in [2.45, 2.75) is 20.4 Å². The quantitative estimate of drug-likeness (QED) is 0.619. The zero-order valence-electron chi connectivity index (χ0n) is 11.8. The van der Waals surface area contributed by atoms with Crippen molar-refractivity contribution in [3.8, 4) is 0 Å². The van der Waals surface area contributed by atoms with E-state index in [2.05, 4.69) is 25.6 Å². The van der Waals surface area contributed by atoms with Gasteiger partial charge in [-0.05, 0) is 31.0 Å². The van der Waals surface area contributed by atoms with Gasteiger partial charge in [-0.3, -0.25) is 15.1 Å². The van der Waals surface area contributed by atoms with Crippen LogP contribution in [0.2, 0.25) is 0 Å². The van der Waals surface area contributed by atoms with E-state index >= 15 is 0 Å². The zero-order valence-corrected chi connectivity index (χ0v) is 11.8. The minimum atomic E-state index is -0.506. The van der Waals surface area contributed by atoms with E-state index in [1.54, 1.807) is 12.4 Å². The second-order valence-electron chi connectivity index (χ2n) is 4.37. The lowest BCUT2D eigenvalue weighted by molar-refractivity contribution is -0.384. The van der Waals surface area contributed by atoms with Crippen molar-refractivity contribution >= 4 is 17.5 Å². The minimum Gasteiger partial charge on any atom is -0.360 e. The highest BCUT2D eigenvalue weighted by molar-refractivity contribution is 5.57. The molecule has 0 radical (unpaired) electrons. The molecule has 0 bridgehead atoms. The third-order valence-electron chi connectivity index (χ3n) is 2.89. The first-order valence-electron chi connectivity index (χ1n) is 6.50. The molecule has 21 heavy (non-hydrogen) atoms. The summed E-state index contributed by atoms with van der Waals surface area (Å²) in [5.74, 6) is 0.544. The Balaban J connectivity index is 2.22. The van der Waals surface area contributed by atoms with Gasteiger partial charge in [0.2, 0.25) is 11.8 Å². The van der Waals surface area contributed by atoms with Crippen LogP contribution < -0.4 is 10.6 Å². The van der Waals surface area contributed by atoms with Gasteiger partial charge >= 0.3 is 5.69 Å². The monoisotopic (exact) mass is 288 g/mol. The molecule has 0 aliphatic carbocycles. The van der Waals surface area contributed by atoms with Crippen LogP contribution >= 0.6 is 0 Å². The maximum Gasteiger partial charge on any atom is 0.329 e. The Morgan fingerprint density at radius 3 is 2.81 bits per heavy atom. The van der Waals surface area contributed by atoms with Gasteiger partial charge in [-0.1, -0.05) is 0 Å². The second-order valence-corrected chi connectivity index (χ2v) is 4.37. The first kappa shape index (κ1) is 14.6. The third-order valence-corrected chi connectivity index (χ3v) is 2.89. The molecule has 0 unspecified atom stereocenters. The number of hydrogen-bond acceptors (Lipinski definition) is 7. The largest absolute Gasteiger partial charge is 0.360 e. The highest BCUT2D eigenvalue weighted by atomic mass is 16.6. The summed E-state index contributed by atoms with van der Waals surface area (Å²) >= 11 is 0. The molecule has 2 N–H and O–H groups in total. The van der Waals surface area contributed by atoms with E-state index in [0.29, 0.717) is 19.0 Å². The number of hydrogen-bond donors (Lipinski definition) is 2. The topological polar surface area (TPSA) is 106 Å². The first-order valence-corrected chi connectivity index (χ1v) is 6.50. The molecule has 2 aromatic heterocycles. The lowest BCUT2D eigenvalue weighted by atomic mass is 10.1. The van der Waals surface area contributed by atoms with Gasteiger partial charge < -0.3 is 10.6 Å². The maximum absolute atomic E-state index is 11.0. The number of nitrogens with one attached hydrogen (secondary N) is 2. The average Bonchev–Trinajstić information content (AvgIpc) is 2.46. The summed E-state index contributed by atoms with van der Waals surface area (Å²) < 4.78 is 0. The van der Waals surface area contributed by atoms with Crippen LogP contribution in [0.15, 0.2) is 24.7 Å². The summed E-state index contributed by atoms with van der Waals surface area (Å²) in [6, 6.07) is 1.88. The third kappa shape index (κ3) is 3.62. The van der Waals surface area contributed by atoms with Crippen molar-refractivity contribution in [3.63, 3.8) is 0 Å². The van der Waals surface area contributed by atoms with E-state index < -0.39 is 4.92 Å². The first-order chi connectivity index (χ1) is 10.1. The zero-order chi connectivity index (χ0) is 15.2. The van der Waals surface area contributed by atoms with Gasteiger partial charge in [0.1, 0.15) is 6.20 Å². The number of aryl methyl sites for hydroxylation is 1. The van der Waals surface area contributed by atoms with Crippen molar-refractivity contribution in [3.05, 3.63) is 45.9 Å². The maximum atomic E-state index is 11.0. The summed E-state index contributed by atoms with van der Waals surface area (Å²) in [6.45, 7) is 4.90. The van der Waals surface area contributed by atoms with E-state index in [4.69, 9.17) is 0 Å². The number of nitro groups is 1. The molecule has 0 aliphatic heterocycles. The van der Waals surface area contributed by atoms with E-state index in [-0.39, 0.29) is 11.5 Å². The minimum absolute atomic E-state index is 0.154.